The molecule has 0 heterocycles. The summed E-state index contributed by atoms with van der Waals surface area (Å²) in [4.78, 5) is 13.6. The molecule has 21 heavy (non-hydrogen) atoms. The first-order chi connectivity index (χ1) is 10.0. The maximum absolute atomic E-state index is 11.7. The number of hydrogen-bond acceptors (Lipinski definition) is 3. The molecule has 0 aromatic heterocycles. The maximum Gasteiger partial charge on any atom is 0.319 e. The lowest BCUT2D eigenvalue weighted by Gasteiger charge is -2.13. The first-order valence-corrected chi connectivity index (χ1v) is 8.53. The number of aryl methyl sites for hydroxylation is 1. The largest absolute Gasteiger partial charge is 0.465 e. The molecule has 0 aliphatic heterocycles. The van der Waals surface area contributed by atoms with Crippen LogP contribution in [-0.4, -0.2) is 31.5 Å². The summed E-state index contributed by atoms with van der Waals surface area (Å²) in [6.07, 6.45) is 4.74. The van der Waals surface area contributed by atoms with E-state index in [2.05, 4.69) is 52.0 Å². The molecule has 0 N–H and O–H groups in total. The maximum atomic E-state index is 11.7. The Morgan fingerprint density at radius 3 is 2.48 bits per heavy atom. The van der Waals surface area contributed by atoms with Gasteiger partial charge in [-0.05, 0) is 43.4 Å². The van der Waals surface area contributed by atoms with Gasteiger partial charge in [-0.3, -0.25) is 4.79 Å². The molecule has 0 saturated heterocycles. The van der Waals surface area contributed by atoms with E-state index in [1.54, 1.807) is 0 Å². The van der Waals surface area contributed by atoms with Crippen molar-refractivity contribution in [2.45, 2.75) is 43.9 Å². The number of rotatable bonds is 9. The normalized spacial score (nSPS) is 12.0. The second kappa shape index (κ2) is 9.82. The van der Waals surface area contributed by atoms with Gasteiger partial charge in [0.05, 0.1) is 6.61 Å². The highest BCUT2D eigenvalue weighted by molar-refractivity contribution is 9.10. The van der Waals surface area contributed by atoms with Crippen molar-refractivity contribution in [1.82, 2.24) is 0 Å². The van der Waals surface area contributed by atoms with E-state index in [1.807, 2.05) is 14.1 Å². The van der Waals surface area contributed by atoms with Crippen LogP contribution < -0.4 is 4.90 Å². The molecule has 1 aromatic rings. The van der Waals surface area contributed by atoms with Gasteiger partial charge in [0, 0.05) is 19.8 Å². The molecule has 1 rings (SSSR count). The van der Waals surface area contributed by atoms with Crippen molar-refractivity contribution in [1.29, 1.82) is 0 Å². The lowest BCUT2D eigenvalue weighted by molar-refractivity contribution is -0.143. The highest BCUT2D eigenvalue weighted by Crippen LogP contribution is 2.16. The molecule has 1 unspecified atom stereocenters. The zero-order chi connectivity index (χ0) is 15.7. The van der Waals surface area contributed by atoms with Gasteiger partial charge in [-0.25, -0.2) is 0 Å². The molecule has 0 bridgehead atoms. The molecule has 3 nitrogen and oxygen atoms in total. The Kier molecular flexibility index (Phi) is 8.43. The SMILES string of the molecule is CCCCOC(=O)C(Br)CCCc1ccc(N(C)C)cc1. The van der Waals surface area contributed by atoms with Crippen LogP contribution in [-0.2, 0) is 16.0 Å². The lowest BCUT2D eigenvalue weighted by Crippen LogP contribution is -2.18. The number of hydrogen-bond donors (Lipinski definition) is 0. The Balaban J connectivity index is 2.27. The molecule has 0 aliphatic carbocycles. The Morgan fingerprint density at radius 1 is 1.24 bits per heavy atom. The van der Waals surface area contributed by atoms with Crippen LogP contribution in [0.3, 0.4) is 0 Å². The summed E-state index contributed by atoms with van der Waals surface area (Å²) in [7, 11) is 4.07. The van der Waals surface area contributed by atoms with Crippen LogP contribution >= 0.6 is 15.9 Å². The zero-order valence-electron chi connectivity index (χ0n) is 13.3. The number of carbonyl (C=O) groups excluding carboxylic acids is 1. The molecule has 0 aliphatic rings. The highest BCUT2D eigenvalue weighted by Gasteiger charge is 2.15. The average molecular weight is 356 g/mol. The number of unbranched alkanes of at least 4 members (excludes halogenated alkanes) is 1. The van der Waals surface area contributed by atoms with Gasteiger partial charge in [-0.1, -0.05) is 41.4 Å². The van der Waals surface area contributed by atoms with Crippen LogP contribution in [0, 0.1) is 0 Å². The zero-order valence-corrected chi connectivity index (χ0v) is 14.9. The van der Waals surface area contributed by atoms with Crippen molar-refractivity contribution in [3.63, 3.8) is 0 Å². The van der Waals surface area contributed by atoms with E-state index in [4.69, 9.17) is 4.74 Å². The van der Waals surface area contributed by atoms with Gasteiger partial charge in [0.1, 0.15) is 4.83 Å². The van der Waals surface area contributed by atoms with Gasteiger partial charge in [0.15, 0.2) is 0 Å². The smallest absolute Gasteiger partial charge is 0.319 e. The number of ether oxygens (including phenoxy) is 1. The second-order valence-electron chi connectivity index (χ2n) is 5.44. The van der Waals surface area contributed by atoms with Crippen LogP contribution in [0.2, 0.25) is 0 Å². The molecular weight excluding hydrogens is 330 g/mol. The van der Waals surface area contributed by atoms with E-state index in [1.165, 1.54) is 11.3 Å². The summed E-state index contributed by atoms with van der Waals surface area (Å²) in [6.45, 7) is 2.62. The monoisotopic (exact) mass is 355 g/mol. The molecule has 0 radical (unpaired) electrons. The van der Waals surface area contributed by atoms with Crippen LogP contribution in [0.5, 0.6) is 0 Å². The minimum Gasteiger partial charge on any atom is -0.465 e. The minimum atomic E-state index is -0.185. The van der Waals surface area contributed by atoms with E-state index in [-0.39, 0.29) is 10.8 Å². The van der Waals surface area contributed by atoms with Crippen molar-refractivity contribution in [2.24, 2.45) is 0 Å². The predicted molar refractivity (Wildman–Crippen MR) is 92.3 cm³/mol. The highest BCUT2D eigenvalue weighted by atomic mass is 79.9. The summed E-state index contributed by atoms with van der Waals surface area (Å²) < 4.78 is 5.20. The predicted octanol–water partition coefficient (Wildman–Crippen LogP) is 4.18. The first kappa shape index (κ1) is 18.0. The molecule has 0 saturated carbocycles. The van der Waals surface area contributed by atoms with E-state index in [0.717, 1.165) is 32.1 Å². The third-order valence-corrected chi connectivity index (χ3v) is 4.21. The third kappa shape index (κ3) is 6.98. The van der Waals surface area contributed by atoms with Crippen molar-refractivity contribution in [3.8, 4) is 0 Å². The third-order valence-electron chi connectivity index (χ3n) is 3.37. The van der Waals surface area contributed by atoms with Crippen LogP contribution in [0.25, 0.3) is 0 Å². The van der Waals surface area contributed by atoms with Crippen molar-refractivity contribution >= 4 is 27.6 Å². The van der Waals surface area contributed by atoms with Crippen molar-refractivity contribution < 1.29 is 9.53 Å². The lowest BCUT2D eigenvalue weighted by atomic mass is 10.1. The molecular formula is C17H26BrNO2. The summed E-state index contributed by atoms with van der Waals surface area (Å²) in [5.74, 6) is -0.133. The van der Waals surface area contributed by atoms with E-state index in [0.29, 0.717) is 6.61 Å². The van der Waals surface area contributed by atoms with Crippen LogP contribution in [0.4, 0.5) is 5.69 Å². The van der Waals surface area contributed by atoms with Gasteiger partial charge in [-0.15, -0.1) is 0 Å². The van der Waals surface area contributed by atoms with Gasteiger partial charge < -0.3 is 9.64 Å². The summed E-state index contributed by atoms with van der Waals surface area (Å²) in [5.41, 5.74) is 2.51. The number of nitrogens with zero attached hydrogens (tertiary/aromatic N) is 1. The number of anilines is 1. The molecule has 1 aromatic carbocycles. The van der Waals surface area contributed by atoms with E-state index >= 15 is 0 Å². The van der Waals surface area contributed by atoms with Crippen LogP contribution in [0.1, 0.15) is 38.2 Å². The average Bonchev–Trinajstić information content (AvgIpc) is 2.47. The summed E-state index contributed by atoms with van der Waals surface area (Å²) in [5, 5.41) is 0. The fraction of sp³-hybridized carbons (Fsp3) is 0.588. The Labute approximate surface area is 136 Å². The Morgan fingerprint density at radius 2 is 1.90 bits per heavy atom. The molecule has 0 spiro atoms. The minimum absolute atomic E-state index is 0.133. The van der Waals surface area contributed by atoms with Gasteiger partial charge in [-0.2, -0.15) is 0 Å². The fourth-order valence-electron chi connectivity index (χ4n) is 1.97. The van der Waals surface area contributed by atoms with Gasteiger partial charge in [0.25, 0.3) is 0 Å². The van der Waals surface area contributed by atoms with E-state index in [9.17, 15) is 4.79 Å². The van der Waals surface area contributed by atoms with Crippen molar-refractivity contribution in [2.75, 3.05) is 25.6 Å². The molecule has 118 valence electrons. The molecule has 0 fully saturated rings. The quantitative estimate of drug-likeness (QED) is 0.378. The van der Waals surface area contributed by atoms with Gasteiger partial charge >= 0.3 is 5.97 Å². The standard InChI is InChI=1S/C17H26BrNO2/c1-4-5-13-21-17(20)16(18)8-6-7-14-9-11-15(12-10-14)19(2)3/h9-12,16H,4-8,13H2,1-3H3. The first-order valence-electron chi connectivity index (χ1n) is 7.61. The Bertz CT molecular complexity index is 417. The summed E-state index contributed by atoms with van der Waals surface area (Å²) in [6, 6.07) is 8.55. The number of halogens is 1. The number of esters is 1. The van der Waals surface area contributed by atoms with Crippen molar-refractivity contribution in [3.05, 3.63) is 29.8 Å². The second-order valence-corrected chi connectivity index (χ2v) is 6.55. The topological polar surface area (TPSA) is 29.5 Å². The fourth-order valence-corrected chi connectivity index (χ4v) is 2.43. The number of carbonyl (C=O) groups is 1. The Hall–Kier alpha value is -1.03. The van der Waals surface area contributed by atoms with Crippen LogP contribution in [0.15, 0.2) is 24.3 Å². The molecule has 4 heteroatoms. The molecule has 1 atom stereocenters. The number of alkyl halides is 1. The van der Waals surface area contributed by atoms with E-state index < -0.39 is 0 Å². The summed E-state index contributed by atoms with van der Waals surface area (Å²) >= 11 is 3.42. The molecule has 0 amide bonds. The number of benzene rings is 1. The van der Waals surface area contributed by atoms with Gasteiger partial charge in [0.2, 0.25) is 0 Å².